The second-order valence-electron chi connectivity index (χ2n) is 11.8. The minimum absolute atomic E-state index is 0.0842. The maximum Gasteiger partial charge on any atom is 0.312 e. The van der Waals surface area contributed by atoms with Gasteiger partial charge in [0.2, 0.25) is 11.8 Å². The first-order chi connectivity index (χ1) is 18.9. The Kier molecular flexibility index (Phi) is 9.58. The van der Waals surface area contributed by atoms with Gasteiger partial charge >= 0.3 is 5.97 Å². The van der Waals surface area contributed by atoms with Crippen LogP contribution in [-0.2, 0) is 23.9 Å². The van der Waals surface area contributed by atoms with Gasteiger partial charge in [0, 0.05) is 12.6 Å². The summed E-state index contributed by atoms with van der Waals surface area (Å²) in [7, 11) is 0. The Morgan fingerprint density at radius 1 is 1.18 bits per heavy atom. The molecule has 39 heavy (non-hydrogen) atoms. The van der Waals surface area contributed by atoms with E-state index in [9.17, 15) is 19.5 Å². The molecule has 2 bridgehead atoms. The lowest BCUT2D eigenvalue weighted by molar-refractivity contribution is -0.164. The van der Waals surface area contributed by atoms with E-state index in [2.05, 4.69) is 13.2 Å². The molecule has 1 saturated carbocycles. The van der Waals surface area contributed by atoms with Crippen LogP contribution in [0.15, 0.2) is 25.3 Å². The SMILES string of the molecule is C=CCCCCOC(=O)[C@@H]1[C@H]2C(=O)N([C@@H](CC)CO)C(C(=O)N(CC=C)C3CCCCC3)C23CC[C@@]1(CC)O3. The summed E-state index contributed by atoms with van der Waals surface area (Å²) < 4.78 is 12.6. The van der Waals surface area contributed by atoms with Crippen molar-refractivity contribution in [3.63, 3.8) is 0 Å². The van der Waals surface area contributed by atoms with Crippen molar-refractivity contribution in [2.75, 3.05) is 19.8 Å². The molecule has 0 radical (unpaired) electrons. The predicted octanol–water partition coefficient (Wildman–Crippen LogP) is 4.16. The normalized spacial score (nSPS) is 32.6. The largest absolute Gasteiger partial charge is 0.465 e. The minimum Gasteiger partial charge on any atom is -0.465 e. The highest BCUT2D eigenvalue weighted by Gasteiger charge is 2.79. The lowest BCUT2D eigenvalue weighted by Gasteiger charge is -2.42. The van der Waals surface area contributed by atoms with Crippen LogP contribution in [0, 0.1) is 11.8 Å². The van der Waals surface area contributed by atoms with Crippen LogP contribution in [0.1, 0.15) is 90.9 Å². The highest BCUT2D eigenvalue weighted by atomic mass is 16.6. The van der Waals surface area contributed by atoms with E-state index in [1.807, 2.05) is 24.8 Å². The maximum atomic E-state index is 14.6. The molecule has 3 heterocycles. The van der Waals surface area contributed by atoms with Crippen molar-refractivity contribution in [3.05, 3.63) is 25.3 Å². The van der Waals surface area contributed by atoms with Crippen LogP contribution in [0.2, 0.25) is 0 Å². The zero-order valence-electron chi connectivity index (χ0n) is 23.9. The standard InChI is InChI=1S/C31H48N2O6/c1-5-9-10-14-20-38-29(37)25-24-27(35)33(22(7-3)21-34)26(31(24)18-17-30(25,8-4)39-31)28(36)32(19-6-2)23-15-12-11-13-16-23/h5-6,22-26,34H,1-2,7-21H2,3-4H3/t22-,24-,25-,26?,30+,31?/m0/s1. The molecule has 0 aromatic carbocycles. The summed E-state index contributed by atoms with van der Waals surface area (Å²) in [6.45, 7) is 12.0. The monoisotopic (exact) mass is 544 g/mol. The summed E-state index contributed by atoms with van der Waals surface area (Å²) in [6, 6.07) is -1.33. The smallest absolute Gasteiger partial charge is 0.312 e. The van der Waals surface area contributed by atoms with Crippen molar-refractivity contribution < 1.29 is 29.0 Å². The van der Waals surface area contributed by atoms with E-state index in [4.69, 9.17) is 9.47 Å². The number of hydrogen-bond acceptors (Lipinski definition) is 6. The molecule has 1 N–H and O–H groups in total. The molecule has 6 atom stereocenters. The van der Waals surface area contributed by atoms with Crippen LogP contribution < -0.4 is 0 Å². The molecule has 8 heteroatoms. The molecule has 0 aromatic heterocycles. The van der Waals surface area contributed by atoms with E-state index in [0.29, 0.717) is 32.2 Å². The highest BCUT2D eigenvalue weighted by Crippen LogP contribution is 2.65. The van der Waals surface area contributed by atoms with Gasteiger partial charge in [0.1, 0.15) is 17.6 Å². The molecule has 4 fully saturated rings. The Bertz CT molecular complexity index is 928. The number of carbonyl (C=O) groups is 3. The molecule has 1 aliphatic carbocycles. The third-order valence-electron chi connectivity index (χ3n) is 9.85. The van der Waals surface area contributed by atoms with Crippen molar-refractivity contribution in [2.45, 2.75) is 120 Å². The number of unbranched alkanes of at least 4 members (excludes halogenated alkanes) is 2. The van der Waals surface area contributed by atoms with Crippen LogP contribution >= 0.6 is 0 Å². The van der Waals surface area contributed by atoms with Crippen LogP contribution in [0.5, 0.6) is 0 Å². The van der Waals surface area contributed by atoms with Gasteiger partial charge in [-0.3, -0.25) is 14.4 Å². The summed E-state index contributed by atoms with van der Waals surface area (Å²) >= 11 is 0. The van der Waals surface area contributed by atoms with E-state index >= 15 is 0 Å². The number of likely N-dealkylation sites (tertiary alicyclic amines) is 1. The van der Waals surface area contributed by atoms with Crippen LogP contribution in [0.3, 0.4) is 0 Å². The fourth-order valence-electron chi connectivity index (χ4n) is 7.86. The lowest BCUT2D eigenvalue weighted by Crippen LogP contribution is -2.60. The van der Waals surface area contributed by atoms with E-state index < -0.39 is 41.1 Å². The van der Waals surface area contributed by atoms with Crippen molar-refractivity contribution in [1.82, 2.24) is 9.80 Å². The molecule has 2 amide bonds. The van der Waals surface area contributed by atoms with E-state index in [1.54, 1.807) is 11.0 Å². The van der Waals surface area contributed by atoms with Crippen LogP contribution in [0.4, 0.5) is 0 Å². The molecule has 3 saturated heterocycles. The molecular weight excluding hydrogens is 496 g/mol. The molecule has 8 nitrogen and oxygen atoms in total. The fraction of sp³-hybridized carbons (Fsp3) is 0.774. The molecule has 3 aliphatic heterocycles. The fourth-order valence-corrected chi connectivity index (χ4v) is 7.86. The Hall–Kier alpha value is -2.19. The highest BCUT2D eigenvalue weighted by molar-refractivity contribution is 5.99. The number of nitrogens with zero attached hydrogens (tertiary/aromatic N) is 2. The number of allylic oxidation sites excluding steroid dienone is 1. The molecule has 0 aromatic rings. The van der Waals surface area contributed by atoms with Gasteiger partial charge in [-0.25, -0.2) is 0 Å². The Morgan fingerprint density at radius 3 is 2.54 bits per heavy atom. The molecular formula is C31H48N2O6. The number of aliphatic hydroxyl groups is 1. The van der Waals surface area contributed by atoms with Crippen molar-refractivity contribution >= 4 is 17.8 Å². The predicted molar refractivity (Wildman–Crippen MR) is 149 cm³/mol. The summed E-state index contributed by atoms with van der Waals surface area (Å²) in [5.74, 6) is -2.37. The van der Waals surface area contributed by atoms with E-state index in [0.717, 1.165) is 51.4 Å². The minimum atomic E-state index is -1.10. The average Bonchev–Trinajstić information content (AvgIpc) is 3.56. The van der Waals surface area contributed by atoms with Gasteiger partial charge in [0.25, 0.3) is 0 Å². The number of fused-ring (bicyclic) bond motifs is 1. The number of rotatable bonds is 14. The summed E-state index contributed by atoms with van der Waals surface area (Å²) in [5.41, 5.74) is -1.93. The second kappa shape index (κ2) is 12.5. The molecule has 218 valence electrons. The molecule has 4 rings (SSSR count). The number of esters is 1. The second-order valence-corrected chi connectivity index (χ2v) is 11.8. The number of amides is 2. The van der Waals surface area contributed by atoms with Gasteiger partial charge in [-0.05, 0) is 57.8 Å². The van der Waals surface area contributed by atoms with Gasteiger partial charge in [0.15, 0.2) is 0 Å². The lowest BCUT2D eigenvalue weighted by atomic mass is 9.65. The number of hydrogen-bond donors (Lipinski definition) is 1. The number of aliphatic hydroxyl groups excluding tert-OH is 1. The topological polar surface area (TPSA) is 96.4 Å². The van der Waals surface area contributed by atoms with Gasteiger partial charge in [0.05, 0.1) is 30.8 Å². The zero-order chi connectivity index (χ0) is 28.2. The van der Waals surface area contributed by atoms with Crippen LogP contribution in [-0.4, -0.2) is 81.8 Å². The first-order valence-corrected chi connectivity index (χ1v) is 15.2. The van der Waals surface area contributed by atoms with Gasteiger partial charge in [-0.15, -0.1) is 13.2 Å². The van der Waals surface area contributed by atoms with Gasteiger partial charge in [-0.1, -0.05) is 45.3 Å². The maximum absolute atomic E-state index is 14.6. The Labute approximate surface area is 233 Å². The third kappa shape index (κ3) is 5.08. The van der Waals surface area contributed by atoms with Crippen LogP contribution in [0.25, 0.3) is 0 Å². The quantitative estimate of drug-likeness (QED) is 0.200. The van der Waals surface area contributed by atoms with E-state index in [-0.39, 0.29) is 31.1 Å². The first-order valence-electron chi connectivity index (χ1n) is 15.2. The third-order valence-corrected chi connectivity index (χ3v) is 9.85. The molecule has 2 unspecified atom stereocenters. The first kappa shape index (κ1) is 29.8. The Balaban J connectivity index is 1.71. The zero-order valence-corrected chi connectivity index (χ0v) is 23.9. The summed E-state index contributed by atoms with van der Waals surface area (Å²) in [5, 5.41) is 10.3. The van der Waals surface area contributed by atoms with Gasteiger partial charge in [-0.2, -0.15) is 0 Å². The summed E-state index contributed by atoms with van der Waals surface area (Å²) in [4.78, 5) is 46.0. The summed E-state index contributed by atoms with van der Waals surface area (Å²) in [6.07, 6.45) is 13.4. The number of ether oxygens (including phenoxy) is 2. The van der Waals surface area contributed by atoms with Gasteiger partial charge < -0.3 is 24.4 Å². The van der Waals surface area contributed by atoms with Crippen molar-refractivity contribution in [1.29, 1.82) is 0 Å². The average molecular weight is 545 g/mol. The molecule has 4 aliphatic rings. The Morgan fingerprint density at radius 2 is 1.92 bits per heavy atom. The number of carbonyl (C=O) groups excluding carboxylic acids is 3. The van der Waals surface area contributed by atoms with Crippen molar-refractivity contribution in [2.24, 2.45) is 11.8 Å². The van der Waals surface area contributed by atoms with Crippen molar-refractivity contribution in [3.8, 4) is 0 Å². The molecule has 1 spiro atoms. The van der Waals surface area contributed by atoms with E-state index in [1.165, 1.54) is 0 Å².